The molecule has 4 rings (SSSR count). The van der Waals surface area contributed by atoms with E-state index in [-0.39, 0.29) is 24.2 Å². The highest BCUT2D eigenvalue weighted by molar-refractivity contribution is 7.99. The minimum absolute atomic E-state index is 0.0175. The zero-order valence-corrected chi connectivity index (χ0v) is 19.4. The molecule has 164 valence electrons. The molecule has 1 fully saturated rings. The first-order valence-electron chi connectivity index (χ1n) is 10.4. The van der Waals surface area contributed by atoms with Crippen molar-refractivity contribution in [1.82, 2.24) is 29.9 Å². The highest BCUT2D eigenvalue weighted by atomic mass is 35.5. The van der Waals surface area contributed by atoms with Gasteiger partial charge in [-0.05, 0) is 45.7 Å². The molecule has 2 aromatic heterocycles. The molecule has 0 aliphatic heterocycles. The average Bonchev–Trinajstić information content (AvgIpc) is 3.35. The fourth-order valence-electron chi connectivity index (χ4n) is 3.32. The minimum atomic E-state index is -0.0187. The van der Waals surface area contributed by atoms with Gasteiger partial charge in [-0.15, -0.1) is 20.4 Å². The van der Waals surface area contributed by atoms with Gasteiger partial charge in [0.1, 0.15) is 5.82 Å². The molecule has 1 aliphatic carbocycles. The van der Waals surface area contributed by atoms with E-state index in [4.69, 9.17) is 16.0 Å². The van der Waals surface area contributed by atoms with Crippen LogP contribution >= 0.6 is 23.4 Å². The molecule has 8 nitrogen and oxygen atoms in total. The Balaban J connectivity index is 1.42. The summed E-state index contributed by atoms with van der Waals surface area (Å²) in [5, 5.41) is 18.2. The molecular formula is C21H25ClN6O2S. The number of amides is 1. The van der Waals surface area contributed by atoms with E-state index in [1.165, 1.54) is 24.6 Å². The van der Waals surface area contributed by atoms with E-state index in [1.54, 1.807) is 11.0 Å². The Hall–Kier alpha value is -2.39. The standard InChI is InChI=1S/C21H25ClN6O2S/c1-4-27-19(14-9-10-14)24-26-21(27)31-12-18(29)28(13(2)3)11-17-23-25-20(30-17)15-7-5-6-8-16(15)22/h5-8,13-14H,4,9-12H2,1-3H3. The Morgan fingerprint density at radius 3 is 2.71 bits per heavy atom. The molecule has 0 atom stereocenters. The molecular weight excluding hydrogens is 436 g/mol. The zero-order chi connectivity index (χ0) is 22.0. The van der Waals surface area contributed by atoms with Crippen molar-refractivity contribution in [1.29, 1.82) is 0 Å². The number of benzene rings is 1. The molecule has 0 saturated heterocycles. The van der Waals surface area contributed by atoms with Crippen molar-refractivity contribution in [3.05, 3.63) is 41.0 Å². The zero-order valence-electron chi connectivity index (χ0n) is 17.8. The van der Waals surface area contributed by atoms with Gasteiger partial charge in [-0.2, -0.15) is 0 Å². The first-order chi connectivity index (χ1) is 15.0. The summed E-state index contributed by atoms with van der Waals surface area (Å²) in [5.74, 6) is 2.53. The van der Waals surface area contributed by atoms with Gasteiger partial charge in [-0.3, -0.25) is 4.79 Å². The number of carbonyl (C=O) groups is 1. The van der Waals surface area contributed by atoms with E-state index in [0.717, 1.165) is 17.5 Å². The predicted molar refractivity (Wildman–Crippen MR) is 119 cm³/mol. The summed E-state index contributed by atoms with van der Waals surface area (Å²) in [6, 6.07) is 7.27. The molecule has 0 unspecified atom stereocenters. The van der Waals surface area contributed by atoms with E-state index >= 15 is 0 Å². The summed E-state index contributed by atoms with van der Waals surface area (Å²) in [6.07, 6.45) is 2.34. The highest BCUT2D eigenvalue weighted by Gasteiger charge is 2.30. The Morgan fingerprint density at radius 1 is 1.26 bits per heavy atom. The van der Waals surface area contributed by atoms with Crippen molar-refractivity contribution in [2.24, 2.45) is 0 Å². The summed E-state index contributed by atoms with van der Waals surface area (Å²) >= 11 is 7.64. The third kappa shape index (κ3) is 4.93. The largest absolute Gasteiger partial charge is 0.419 e. The number of nitrogens with zero attached hydrogens (tertiary/aromatic N) is 6. The predicted octanol–water partition coefficient (Wildman–Crippen LogP) is 4.41. The minimum Gasteiger partial charge on any atom is -0.419 e. The van der Waals surface area contributed by atoms with Gasteiger partial charge in [-0.1, -0.05) is 35.5 Å². The topological polar surface area (TPSA) is 89.9 Å². The van der Waals surface area contributed by atoms with Crippen molar-refractivity contribution in [3.63, 3.8) is 0 Å². The van der Waals surface area contributed by atoms with E-state index in [2.05, 4.69) is 31.9 Å². The normalized spacial score (nSPS) is 13.7. The quantitative estimate of drug-likeness (QED) is 0.437. The molecule has 10 heteroatoms. The molecule has 2 heterocycles. The average molecular weight is 461 g/mol. The molecule has 0 radical (unpaired) electrons. The summed E-state index contributed by atoms with van der Waals surface area (Å²) in [4.78, 5) is 14.7. The van der Waals surface area contributed by atoms with Crippen molar-refractivity contribution in [2.75, 3.05) is 5.75 Å². The first kappa shape index (κ1) is 21.8. The van der Waals surface area contributed by atoms with Crippen LogP contribution in [-0.4, -0.2) is 47.6 Å². The van der Waals surface area contributed by atoms with E-state index < -0.39 is 0 Å². The molecule has 1 amide bonds. The van der Waals surface area contributed by atoms with Crippen molar-refractivity contribution >= 4 is 29.3 Å². The lowest BCUT2D eigenvalue weighted by atomic mass is 10.2. The number of rotatable bonds is 9. The van der Waals surface area contributed by atoms with E-state index in [9.17, 15) is 4.79 Å². The number of aromatic nitrogens is 5. The maximum Gasteiger partial charge on any atom is 0.249 e. The Morgan fingerprint density at radius 2 is 2.03 bits per heavy atom. The van der Waals surface area contributed by atoms with E-state index in [1.807, 2.05) is 32.0 Å². The van der Waals surface area contributed by atoms with Crippen LogP contribution in [0.15, 0.2) is 33.8 Å². The first-order valence-corrected chi connectivity index (χ1v) is 11.8. The molecule has 1 aliphatic rings. The molecule has 0 spiro atoms. The van der Waals surface area contributed by atoms with Crippen LogP contribution < -0.4 is 0 Å². The van der Waals surface area contributed by atoms with Crippen LogP contribution in [0.1, 0.15) is 51.2 Å². The summed E-state index contributed by atoms with van der Waals surface area (Å²) in [5.41, 5.74) is 0.672. The molecule has 1 aromatic carbocycles. The number of halogens is 1. The summed E-state index contributed by atoms with van der Waals surface area (Å²) < 4.78 is 7.90. The fourth-order valence-corrected chi connectivity index (χ4v) is 4.43. The van der Waals surface area contributed by atoms with Crippen molar-refractivity contribution in [3.8, 4) is 11.5 Å². The SMILES string of the molecule is CCn1c(SCC(=O)N(Cc2nnc(-c3ccccc3Cl)o2)C(C)C)nnc1C1CC1. The Labute approximate surface area is 190 Å². The lowest BCUT2D eigenvalue weighted by Crippen LogP contribution is -2.37. The smallest absolute Gasteiger partial charge is 0.249 e. The second kappa shape index (κ2) is 9.40. The monoisotopic (exact) mass is 460 g/mol. The highest BCUT2D eigenvalue weighted by Crippen LogP contribution is 2.40. The number of hydrogen-bond donors (Lipinski definition) is 0. The third-order valence-corrected chi connectivity index (χ3v) is 6.43. The number of carbonyl (C=O) groups excluding carboxylic acids is 1. The summed E-state index contributed by atoms with van der Waals surface area (Å²) in [7, 11) is 0. The van der Waals surface area contributed by atoms with Gasteiger partial charge < -0.3 is 13.9 Å². The van der Waals surface area contributed by atoms with Crippen LogP contribution in [0.2, 0.25) is 5.02 Å². The number of hydrogen-bond acceptors (Lipinski definition) is 7. The van der Waals surface area contributed by atoms with Gasteiger partial charge in [0.2, 0.25) is 17.7 Å². The van der Waals surface area contributed by atoms with Crippen LogP contribution in [0, 0.1) is 0 Å². The second-order valence-electron chi connectivity index (χ2n) is 7.74. The fraction of sp³-hybridized carbons (Fsp3) is 0.476. The van der Waals surface area contributed by atoms with Gasteiger partial charge in [0, 0.05) is 18.5 Å². The van der Waals surface area contributed by atoms with Gasteiger partial charge in [-0.25, -0.2) is 0 Å². The van der Waals surface area contributed by atoms with Crippen LogP contribution in [-0.2, 0) is 17.9 Å². The van der Waals surface area contributed by atoms with Crippen LogP contribution in [0.5, 0.6) is 0 Å². The maximum atomic E-state index is 13.0. The number of thioether (sulfide) groups is 1. The molecule has 0 N–H and O–H groups in total. The lowest BCUT2D eigenvalue weighted by molar-refractivity contribution is -0.131. The van der Waals surface area contributed by atoms with Gasteiger partial charge >= 0.3 is 0 Å². The summed E-state index contributed by atoms with van der Waals surface area (Å²) in [6.45, 7) is 7.05. The van der Waals surface area contributed by atoms with Crippen LogP contribution in [0.25, 0.3) is 11.5 Å². The van der Waals surface area contributed by atoms with Crippen molar-refractivity contribution in [2.45, 2.75) is 63.8 Å². The van der Waals surface area contributed by atoms with E-state index in [0.29, 0.717) is 28.3 Å². The second-order valence-corrected chi connectivity index (χ2v) is 9.09. The van der Waals surface area contributed by atoms with Crippen LogP contribution in [0.3, 0.4) is 0 Å². The Bertz CT molecular complexity index is 1060. The maximum absolute atomic E-state index is 13.0. The Kier molecular flexibility index (Phi) is 6.62. The molecule has 31 heavy (non-hydrogen) atoms. The van der Waals surface area contributed by atoms with Gasteiger partial charge in [0.15, 0.2) is 5.16 Å². The molecule has 1 saturated carbocycles. The van der Waals surface area contributed by atoms with Crippen LogP contribution in [0.4, 0.5) is 0 Å². The lowest BCUT2D eigenvalue weighted by Gasteiger charge is -2.25. The molecule has 3 aromatic rings. The molecule has 0 bridgehead atoms. The van der Waals surface area contributed by atoms with Gasteiger partial charge in [0.05, 0.1) is 22.9 Å². The van der Waals surface area contributed by atoms with Crippen molar-refractivity contribution < 1.29 is 9.21 Å². The third-order valence-electron chi connectivity index (χ3n) is 5.15. The van der Waals surface area contributed by atoms with Gasteiger partial charge in [0.25, 0.3) is 0 Å².